The Morgan fingerprint density at radius 3 is 2.36 bits per heavy atom. The summed E-state index contributed by atoms with van der Waals surface area (Å²) in [5, 5.41) is 0. The minimum Gasteiger partial charge on any atom is -0.355 e. The van der Waals surface area contributed by atoms with E-state index in [4.69, 9.17) is 9.47 Å². The lowest BCUT2D eigenvalue weighted by molar-refractivity contribution is -0.178. The van der Waals surface area contributed by atoms with Crippen LogP contribution in [0.1, 0.15) is 77.7 Å². The van der Waals surface area contributed by atoms with Crippen molar-refractivity contribution in [3.63, 3.8) is 0 Å². The molecule has 28 heavy (non-hydrogen) atoms. The first kappa shape index (κ1) is 20.4. The summed E-state index contributed by atoms with van der Waals surface area (Å²) in [6.45, 7) is 9.78. The highest BCUT2D eigenvalue weighted by Crippen LogP contribution is 2.63. The van der Waals surface area contributed by atoms with E-state index in [1.54, 1.807) is 7.11 Å². The molecule has 3 aliphatic rings. The second kappa shape index (κ2) is 8.11. The highest BCUT2D eigenvalue weighted by atomic mass is 16.7. The first-order chi connectivity index (χ1) is 13.4. The summed E-state index contributed by atoms with van der Waals surface area (Å²) in [6, 6.07) is 10.6. The summed E-state index contributed by atoms with van der Waals surface area (Å²) in [7, 11) is 1.80. The molecule has 2 bridgehead atoms. The molecule has 4 rings (SSSR count). The number of benzene rings is 1. The Bertz CT molecular complexity index is 635. The van der Waals surface area contributed by atoms with E-state index in [2.05, 4.69) is 58.0 Å². The minimum absolute atomic E-state index is 0.149. The average Bonchev–Trinajstić information content (AvgIpc) is 3.25. The summed E-state index contributed by atoms with van der Waals surface area (Å²) in [5.74, 6) is 4.83. The lowest BCUT2D eigenvalue weighted by atomic mass is 9.62. The van der Waals surface area contributed by atoms with Crippen LogP contribution in [0.3, 0.4) is 0 Å². The number of fused-ring (bicyclic) bond motifs is 2. The molecule has 0 aliphatic heterocycles. The van der Waals surface area contributed by atoms with Crippen molar-refractivity contribution in [1.82, 2.24) is 0 Å². The van der Waals surface area contributed by atoms with Crippen molar-refractivity contribution in [2.24, 2.45) is 35.0 Å². The zero-order chi connectivity index (χ0) is 19.9. The van der Waals surface area contributed by atoms with Gasteiger partial charge in [0.15, 0.2) is 6.29 Å². The number of hydrogen-bond donors (Lipinski definition) is 0. The highest BCUT2D eigenvalue weighted by Gasteiger charge is 2.56. The lowest BCUT2D eigenvalue weighted by Crippen LogP contribution is -2.39. The molecule has 156 valence electrons. The second-order valence-electron chi connectivity index (χ2n) is 10.6. The Kier molecular flexibility index (Phi) is 5.91. The molecule has 3 saturated carbocycles. The number of hydrogen-bond acceptors (Lipinski definition) is 2. The fraction of sp³-hybridized carbons (Fsp3) is 0.769. The van der Waals surface area contributed by atoms with Gasteiger partial charge in [-0.2, -0.15) is 0 Å². The summed E-state index contributed by atoms with van der Waals surface area (Å²) < 4.78 is 12.4. The van der Waals surface area contributed by atoms with E-state index in [1.165, 1.54) is 44.1 Å². The maximum Gasteiger partial charge on any atom is 0.164 e. The van der Waals surface area contributed by atoms with Crippen molar-refractivity contribution in [3.05, 3.63) is 35.9 Å². The van der Waals surface area contributed by atoms with Crippen LogP contribution < -0.4 is 0 Å². The van der Waals surface area contributed by atoms with E-state index in [-0.39, 0.29) is 12.2 Å². The number of methoxy groups -OCH3 is 1. The van der Waals surface area contributed by atoms with E-state index >= 15 is 0 Å². The van der Waals surface area contributed by atoms with Crippen LogP contribution in [-0.4, -0.2) is 19.5 Å². The lowest BCUT2D eigenvalue weighted by Gasteiger charge is -2.44. The van der Waals surface area contributed by atoms with Gasteiger partial charge >= 0.3 is 0 Å². The van der Waals surface area contributed by atoms with E-state index in [1.807, 2.05) is 0 Å². The van der Waals surface area contributed by atoms with Crippen LogP contribution in [0.15, 0.2) is 30.3 Å². The molecule has 0 spiro atoms. The van der Waals surface area contributed by atoms with E-state index < -0.39 is 0 Å². The summed E-state index contributed by atoms with van der Waals surface area (Å²) in [4.78, 5) is 0. The van der Waals surface area contributed by atoms with Crippen LogP contribution in [0.5, 0.6) is 0 Å². The minimum atomic E-state index is -0.149. The van der Waals surface area contributed by atoms with Gasteiger partial charge in [-0.05, 0) is 72.7 Å². The van der Waals surface area contributed by atoms with Crippen molar-refractivity contribution in [2.75, 3.05) is 7.11 Å². The molecule has 0 radical (unpaired) electrons. The van der Waals surface area contributed by atoms with Gasteiger partial charge in [0.1, 0.15) is 0 Å². The van der Waals surface area contributed by atoms with E-state index in [0.29, 0.717) is 11.5 Å². The van der Waals surface area contributed by atoms with Crippen LogP contribution in [0, 0.1) is 35.0 Å². The van der Waals surface area contributed by atoms with Gasteiger partial charge in [0, 0.05) is 13.0 Å². The summed E-state index contributed by atoms with van der Waals surface area (Å²) in [6.07, 6.45) is 8.31. The fourth-order valence-corrected chi connectivity index (χ4v) is 6.93. The number of ether oxygens (including phenoxy) is 2. The van der Waals surface area contributed by atoms with Crippen LogP contribution in [0.4, 0.5) is 0 Å². The van der Waals surface area contributed by atoms with Gasteiger partial charge in [-0.3, -0.25) is 0 Å². The maximum atomic E-state index is 6.57. The molecule has 0 heterocycles. The molecule has 1 aromatic rings. The number of rotatable bonds is 6. The van der Waals surface area contributed by atoms with Crippen molar-refractivity contribution in [3.8, 4) is 0 Å². The quantitative estimate of drug-likeness (QED) is 0.511. The third-order valence-corrected chi connectivity index (χ3v) is 9.10. The molecule has 1 aromatic carbocycles. The Morgan fingerprint density at radius 1 is 1.00 bits per heavy atom. The SMILES string of the molecule is COC(OC1CCCC(C2CC3CC2C(C)C3(C)C)C1)C(C)c1ccccc1. The zero-order valence-electron chi connectivity index (χ0n) is 18.6. The van der Waals surface area contributed by atoms with Gasteiger partial charge in [-0.15, -0.1) is 0 Å². The molecule has 2 heteroatoms. The van der Waals surface area contributed by atoms with Crippen LogP contribution in [-0.2, 0) is 9.47 Å². The first-order valence-electron chi connectivity index (χ1n) is 11.6. The van der Waals surface area contributed by atoms with Gasteiger partial charge < -0.3 is 9.47 Å². The van der Waals surface area contributed by atoms with Gasteiger partial charge in [-0.25, -0.2) is 0 Å². The third-order valence-electron chi connectivity index (χ3n) is 9.10. The highest BCUT2D eigenvalue weighted by molar-refractivity contribution is 5.19. The Morgan fingerprint density at radius 2 is 1.71 bits per heavy atom. The monoisotopic (exact) mass is 384 g/mol. The Labute approximate surface area is 172 Å². The normalized spacial score (nSPS) is 39.0. The molecule has 8 atom stereocenters. The van der Waals surface area contributed by atoms with Crippen molar-refractivity contribution < 1.29 is 9.47 Å². The molecule has 8 unspecified atom stereocenters. The predicted molar refractivity (Wildman–Crippen MR) is 115 cm³/mol. The van der Waals surface area contributed by atoms with Gasteiger partial charge in [-0.1, -0.05) is 64.4 Å². The standard InChI is InChI=1S/C26H40O2/c1-17(19-10-7-6-8-11-19)25(27-5)28-22-13-9-12-20(14-22)24-16-21-15-23(24)18(2)26(21,3)4/h6-8,10-11,17-18,20-25H,9,12-16H2,1-5H3. The van der Waals surface area contributed by atoms with E-state index in [0.717, 1.165) is 29.6 Å². The molecule has 0 aromatic heterocycles. The largest absolute Gasteiger partial charge is 0.355 e. The first-order valence-corrected chi connectivity index (χ1v) is 11.6. The predicted octanol–water partition coefficient (Wildman–Crippen LogP) is 6.66. The average molecular weight is 385 g/mol. The molecule has 0 saturated heterocycles. The van der Waals surface area contributed by atoms with Crippen molar-refractivity contribution >= 4 is 0 Å². The van der Waals surface area contributed by atoms with Crippen molar-refractivity contribution in [1.29, 1.82) is 0 Å². The molecule has 0 N–H and O–H groups in total. The summed E-state index contributed by atoms with van der Waals surface area (Å²) in [5.41, 5.74) is 1.85. The molecular formula is C26H40O2. The second-order valence-corrected chi connectivity index (χ2v) is 10.6. The molecule has 0 amide bonds. The molecule has 3 fully saturated rings. The topological polar surface area (TPSA) is 18.5 Å². The Hall–Kier alpha value is -0.860. The third kappa shape index (κ3) is 3.67. The maximum absolute atomic E-state index is 6.57. The van der Waals surface area contributed by atoms with Crippen LogP contribution in [0.2, 0.25) is 0 Å². The molecule has 3 aliphatic carbocycles. The van der Waals surface area contributed by atoms with Gasteiger partial charge in [0.2, 0.25) is 0 Å². The zero-order valence-corrected chi connectivity index (χ0v) is 18.6. The molecular weight excluding hydrogens is 344 g/mol. The van der Waals surface area contributed by atoms with E-state index in [9.17, 15) is 0 Å². The fourth-order valence-electron chi connectivity index (χ4n) is 6.93. The van der Waals surface area contributed by atoms with Crippen LogP contribution in [0.25, 0.3) is 0 Å². The van der Waals surface area contributed by atoms with Crippen LogP contribution >= 0.6 is 0 Å². The van der Waals surface area contributed by atoms with Crippen molar-refractivity contribution in [2.45, 2.75) is 84.5 Å². The van der Waals surface area contributed by atoms with Gasteiger partial charge in [0.25, 0.3) is 0 Å². The molecule has 2 nitrogen and oxygen atoms in total. The smallest absolute Gasteiger partial charge is 0.164 e. The Balaban J connectivity index is 1.38. The van der Waals surface area contributed by atoms with Gasteiger partial charge in [0.05, 0.1) is 6.10 Å². The summed E-state index contributed by atoms with van der Waals surface area (Å²) >= 11 is 0.